The van der Waals surface area contributed by atoms with Gasteiger partial charge < -0.3 is 10.2 Å². The van der Waals surface area contributed by atoms with Gasteiger partial charge in [0.15, 0.2) is 0 Å². The van der Waals surface area contributed by atoms with Crippen LogP contribution in [-0.4, -0.2) is 29.8 Å². The van der Waals surface area contributed by atoms with Crippen LogP contribution in [0.15, 0.2) is 41.1 Å². The summed E-state index contributed by atoms with van der Waals surface area (Å²) >= 11 is 1.48. The second-order valence-corrected chi connectivity index (χ2v) is 5.83. The standard InChI is InChI=1S/C16H16N2O2S/c19-15(13-6-9-21-11-13)17-14-5-3-4-12(10-14)16(20)18-7-1-2-8-18/h3-6,9-11H,1-2,7-8H2,(H,17,19). The lowest BCUT2D eigenvalue weighted by molar-refractivity contribution is 0.0792. The summed E-state index contributed by atoms with van der Waals surface area (Å²) < 4.78 is 0. The molecule has 0 unspecified atom stereocenters. The third kappa shape index (κ3) is 3.13. The Morgan fingerprint density at radius 3 is 2.62 bits per heavy atom. The lowest BCUT2D eigenvalue weighted by Gasteiger charge is -2.15. The Kier molecular flexibility index (Phi) is 4.01. The number of likely N-dealkylation sites (tertiary alicyclic amines) is 1. The molecule has 3 rings (SSSR count). The van der Waals surface area contributed by atoms with Crippen molar-refractivity contribution in [2.45, 2.75) is 12.8 Å². The van der Waals surface area contributed by atoms with Gasteiger partial charge in [-0.3, -0.25) is 9.59 Å². The van der Waals surface area contributed by atoms with E-state index in [0.717, 1.165) is 25.9 Å². The van der Waals surface area contributed by atoms with Crippen LogP contribution in [-0.2, 0) is 0 Å². The van der Waals surface area contributed by atoms with Gasteiger partial charge in [0.1, 0.15) is 0 Å². The van der Waals surface area contributed by atoms with Crippen LogP contribution in [0.25, 0.3) is 0 Å². The minimum Gasteiger partial charge on any atom is -0.339 e. The Bertz CT molecular complexity index is 646. The number of hydrogen-bond acceptors (Lipinski definition) is 3. The van der Waals surface area contributed by atoms with Crippen LogP contribution in [0.3, 0.4) is 0 Å². The molecular formula is C16H16N2O2S. The van der Waals surface area contributed by atoms with Gasteiger partial charge in [-0.1, -0.05) is 6.07 Å². The van der Waals surface area contributed by atoms with Crippen LogP contribution >= 0.6 is 11.3 Å². The first kappa shape index (κ1) is 13.8. The van der Waals surface area contributed by atoms with E-state index in [-0.39, 0.29) is 11.8 Å². The molecule has 0 aliphatic carbocycles. The lowest BCUT2D eigenvalue weighted by Crippen LogP contribution is -2.27. The summed E-state index contributed by atoms with van der Waals surface area (Å²) in [5.41, 5.74) is 1.91. The maximum absolute atomic E-state index is 12.3. The molecule has 1 aromatic carbocycles. The molecule has 0 saturated carbocycles. The molecule has 108 valence electrons. The molecule has 0 bridgehead atoms. The average molecular weight is 300 g/mol. The van der Waals surface area contributed by atoms with E-state index in [0.29, 0.717) is 16.8 Å². The van der Waals surface area contributed by atoms with Crippen molar-refractivity contribution in [1.82, 2.24) is 4.90 Å². The normalized spacial score (nSPS) is 14.2. The molecule has 1 N–H and O–H groups in total. The first-order valence-electron chi connectivity index (χ1n) is 6.97. The highest BCUT2D eigenvalue weighted by molar-refractivity contribution is 7.08. The van der Waals surface area contributed by atoms with Gasteiger partial charge in [0.25, 0.3) is 11.8 Å². The fourth-order valence-electron chi connectivity index (χ4n) is 2.43. The quantitative estimate of drug-likeness (QED) is 0.946. The van der Waals surface area contributed by atoms with Crippen LogP contribution < -0.4 is 5.32 Å². The van der Waals surface area contributed by atoms with E-state index in [4.69, 9.17) is 0 Å². The van der Waals surface area contributed by atoms with Gasteiger partial charge in [-0.15, -0.1) is 0 Å². The number of carbonyl (C=O) groups is 2. The van der Waals surface area contributed by atoms with Gasteiger partial charge in [0.05, 0.1) is 5.56 Å². The van der Waals surface area contributed by atoms with Crippen molar-refractivity contribution < 1.29 is 9.59 Å². The first-order chi connectivity index (χ1) is 10.2. The number of carbonyl (C=O) groups excluding carboxylic acids is 2. The Morgan fingerprint density at radius 2 is 1.90 bits per heavy atom. The number of rotatable bonds is 3. The third-order valence-corrected chi connectivity index (χ3v) is 4.23. The van der Waals surface area contributed by atoms with Crippen LogP contribution in [0, 0.1) is 0 Å². The number of amides is 2. The highest BCUT2D eigenvalue weighted by Gasteiger charge is 2.19. The fraction of sp³-hybridized carbons (Fsp3) is 0.250. The van der Waals surface area contributed by atoms with Crippen molar-refractivity contribution >= 4 is 28.8 Å². The van der Waals surface area contributed by atoms with Gasteiger partial charge in [-0.2, -0.15) is 11.3 Å². The summed E-state index contributed by atoms with van der Waals surface area (Å²) in [7, 11) is 0. The molecule has 1 aliphatic rings. The molecule has 1 saturated heterocycles. The Labute approximate surface area is 127 Å². The Hall–Kier alpha value is -2.14. The number of nitrogens with zero attached hydrogens (tertiary/aromatic N) is 1. The van der Waals surface area contributed by atoms with Crippen molar-refractivity contribution in [3.05, 3.63) is 52.2 Å². The molecule has 0 spiro atoms. The molecule has 4 nitrogen and oxygen atoms in total. The van der Waals surface area contributed by atoms with E-state index in [1.54, 1.807) is 35.7 Å². The van der Waals surface area contributed by atoms with E-state index >= 15 is 0 Å². The van der Waals surface area contributed by atoms with Gasteiger partial charge in [-0.25, -0.2) is 0 Å². The van der Waals surface area contributed by atoms with Crippen molar-refractivity contribution in [2.24, 2.45) is 0 Å². The minimum absolute atomic E-state index is 0.0409. The molecule has 5 heteroatoms. The number of nitrogens with one attached hydrogen (secondary N) is 1. The van der Waals surface area contributed by atoms with E-state index in [1.165, 1.54) is 11.3 Å². The van der Waals surface area contributed by atoms with E-state index in [1.807, 2.05) is 10.3 Å². The van der Waals surface area contributed by atoms with Crippen molar-refractivity contribution in [3.8, 4) is 0 Å². The van der Waals surface area contributed by atoms with E-state index < -0.39 is 0 Å². The zero-order valence-electron chi connectivity index (χ0n) is 11.5. The molecule has 1 fully saturated rings. The first-order valence-corrected chi connectivity index (χ1v) is 7.91. The predicted molar refractivity (Wildman–Crippen MR) is 83.9 cm³/mol. The fourth-order valence-corrected chi connectivity index (χ4v) is 3.07. The number of anilines is 1. The molecule has 2 aromatic rings. The lowest BCUT2D eigenvalue weighted by atomic mass is 10.1. The van der Waals surface area contributed by atoms with Crippen molar-refractivity contribution in [1.29, 1.82) is 0 Å². The van der Waals surface area contributed by atoms with Crippen LogP contribution in [0.1, 0.15) is 33.6 Å². The smallest absolute Gasteiger partial charge is 0.256 e. The summed E-state index contributed by atoms with van der Waals surface area (Å²) in [4.78, 5) is 26.2. The van der Waals surface area contributed by atoms with Gasteiger partial charge in [0.2, 0.25) is 0 Å². The monoisotopic (exact) mass is 300 g/mol. The zero-order valence-corrected chi connectivity index (χ0v) is 12.4. The summed E-state index contributed by atoms with van der Waals surface area (Å²) in [6.07, 6.45) is 2.14. The number of hydrogen-bond donors (Lipinski definition) is 1. The van der Waals surface area contributed by atoms with Crippen molar-refractivity contribution in [3.63, 3.8) is 0 Å². The van der Waals surface area contributed by atoms with E-state index in [2.05, 4.69) is 5.32 Å². The highest BCUT2D eigenvalue weighted by Crippen LogP contribution is 2.17. The predicted octanol–water partition coefficient (Wildman–Crippen LogP) is 3.24. The average Bonchev–Trinajstić information content (AvgIpc) is 3.20. The second-order valence-electron chi connectivity index (χ2n) is 5.05. The SMILES string of the molecule is O=C(Nc1cccc(C(=O)N2CCCC2)c1)c1ccsc1. The van der Waals surface area contributed by atoms with Gasteiger partial charge in [0, 0.05) is 29.7 Å². The third-order valence-electron chi connectivity index (χ3n) is 3.54. The van der Waals surface area contributed by atoms with Gasteiger partial charge >= 0.3 is 0 Å². The largest absolute Gasteiger partial charge is 0.339 e. The molecular weight excluding hydrogens is 284 g/mol. The number of thiophene rings is 1. The minimum atomic E-state index is -0.151. The molecule has 2 amide bonds. The molecule has 0 radical (unpaired) electrons. The topological polar surface area (TPSA) is 49.4 Å². The summed E-state index contributed by atoms with van der Waals surface area (Å²) in [6, 6.07) is 8.91. The van der Waals surface area contributed by atoms with Crippen LogP contribution in [0.4, 0.5) is 5.69 Å². The van der Waals surface area contributed by atoms with Crippen molar-refractivity contribution in [2.75, 3.05) is 18.4 Å². The maximum Gasteiger partial charge on any atom is 0.256 e. The highest BCUT2D eigenvalue weighted by atomic mass is 32.1. The molecule has 1 aliphatic heterocycles. The molecule has 2 heterocycles. The van der Waals surface area contributed by atoms with Gasteiger partial charge in [-0.05, 0) is 42.5 Å². The van der Waals surface area contributed by atoms with Crippen LogP contribution in [0.2, 0.25) is 0 Å². The van der Waals surface area contributed by atoms with E-state index in [9.17, 15) is 9.59 Å². The molecule has 21 heavy (non-hydrogen) atoms. The summed E-state index contributed by atoms with van der Waals surface area (Å²) in [6.45, 7) is 1.65. The molecule has 1 aromatic heterocycles. The zero-order chi connectivity index (χ0) is 14.7. The molecule has 0 atom stereocenters. The summed E-state index contributed by atoms with van der Waals surface area (Å²) in [5, 5.41) is 6.49. The van der Waals surface area contributed by atoms with Crippen LogP contribution in [0.5, 0.6) is 0 Å². The number of benzene rings is 1. The maximum atomic E-state index is 12.3. The Morgan fingerprint density at radius 1 is 1.10 bits per heavy atom. The second kappa shape index (κ2) is 6.10. The Balaban J connectivity index is 1.74. The summed E-state index contributed by atoms with van der Waals surface area (Å²) in [5.74, 6) is -0.110.